The molecule has 7 nitrogen and oxygen atoms in total. The minimum Gasteiger partial charge on any atom is -0.328 e. The number of pyridine rings is 1. The molecule has 0 saturated carbocycles. The second-order valence-corrected chi connectivity index (χ2v) is 6.09. The van der Waals surface area contributed by atoms with Crippen molar-refractivity contribution in [2.45, 2.75) is 18.2 Å². The standard InChI is InChI=1S/C9H10N4O3S2/c1-2-8-11-12-9(17-8)13-18(15,16)6-3-4-7(14)10-5-6/h3-5H,2H2,1H3,(H,10,14)(H,12,13). The van der Waals surface area contributed by atoms with Gasteiger partial charge < -0.3 is 4.98 Å². The van der Waals surface area contributed by atoms with Crippen LogP contribution in [0.5, 0.6) is 0 Å². The summed E-state index contributed by atoms with van der Waals surface area (Å²) < 4.78 is 26.1. The lowest BCUT2D eigenvalue weighted by atomic mass is 10.5. The fourth-order valence-electron chi connectivity index (χ4n) is 1.18. The zero-order chi connectivity index (χ0) is 13.2. The van der Waals surface area contributed by atoms with Crippen molar-refractivity contribution in [1.82, 2.24) is 15.2 Å². The first-order valence-electron chi connectivity index (χ1n) is 5.05. The molecular formula is C9H10N4O3S2. The van der Waals surface area contributed by atoms with E-state index in [2.05, 4.69) is 19.9 Å². The summed E-state index contributed by atoms with van der Waals surface area (Å²) in [5, 5.41) is 8.48. The molecule has 0 aromatic carbocycles. The molecule has 0 atom stereocenters. The van der Waals surface area contributed by atoms with Crippen LogP contribution in [0.2, 0.25) is 0 Å². The van der Waals surface area contributed by atoms with Gasteiger partial charge in [0.25, 0.3) is 10.0 Å². The number of aryl methyl sites for hydroxylation is 1. The smallest absolute Gasteiger partial charge is 0.265 e. The van der Waals surface area contributed by atoms with Crippen LogP contribution >= 0.6 is 11.3 Å². The monoisotopic (exact) mass is 286 g/mol. The van der Waals surface area contributed by atoms with Crippen LogP contribution in [0.15, 0.2) is 28.0 Å². The van der Waals surface area contributed by atoms with Crippen molar-refractivity contribution in [2.75, 3.05) is 4.72 Å². The maximum absolute atomic E-state index is 11.9. The zero-order valence-electron chi connectivity index (χ0n) is 9.37. The Bertz CT molecular complexity index is 684. The number of rotatable bonds is 4. The van der Waals surface area contributed by atoms with E-state index in [9.17, 15) is 13.2 Å². The quantitative estimate of drug-likeness (QED) is 0.855. The second-order valence-electron chi connectivity index (χ2n) is 3.35. The first-order chi connectivity index (χ1) is 8.51. The van der Waals surface area contributed by atoms with Crippen LogP contribution in [0.1, 0.15) is 11.9 Å². The molecule has 2 N–H and O–H groups in total. The van der Waals surface area contributed by atoms with Gasteiger partial charge in [-0.25, -0.2) is 8.42 Å². The van der Waals surface area contributed by atoms with E-state index < -0.39 is 10.0 Å². The molecule has 18 heavy (non-hydrogen) atoms. The number of hydrogen-bond acceptors (Lipinski definition) is 6. The number of nitrogens with zero attached hydrogens (tertiary/aromatic N) is 2. The molecule has 0 fully saturated rings. The first-order valence-corrected chi connectivity index (χ1v) is 7.35. The fraction of sp³-hybridized carbons (Fsp3) is 0.222. The second kappa shape index (κ2) is 4.86. The van der Waals surface area contributed by atoms with Crippen LogP contribution in [0.3, 0.4) is 0 Å². The Kier molecular flexibility index (Phi) is 3.43. The third kappa shape index (κ3) is 2.74. The van der Waals surface area contributed by atoms with Crippen molar-refractivity contribution in [2.24, 2.45) is 0 Å². The van der Waals surface area contributed by atoms with E-state index in [1.807, 2.05) is 6.92 Å². The maximum Gasteiger partial charge on any atom is 0.265 e. The summed E-state index contributed by atoms with van der Waals surface area (Å²) in [6.45, 7) is 1.90. The van der Waals surface area contributed by atoms with Gasteiger partial charge in [-0.3, -0.25) is 9.52 Å². The van der Waals surface area contributed by atoms with Gasteiger partial charge in [0.2, 0.25) is 10.7 Å². The molecule has 0 aliphatic carbocycles. The number of hydrogen-bond donors (Lipinski definition) is 2. The molecule has 2 heterocycles. The highest BCUT2D eigenvalue weighted by Crippen LogP contribution is 2.19. The lowest BCUT2D eigenvalue weighted by molar-refractivity contribution is 0.600. The van der Waals surface area contributed by atoms with Gasteiger partial charge >= 0.3 is 0 Å². The number of anilines is 1. The number of H-pyrrole nitrogens is 1. The Morgan fingerprint density at radius 1 is 1.39 bits per heavy atom. The largest absolute Gasteiger partial charge is 0.328 e. The summed E-state index contributed by atoms with van der Waals surface area (Å²) in [4.78, 5) is 13.1. The average molecular weight is 286 g/mol. The predicted octanol–water partition coefficient (Wildman–Crippen LogP) is 0.590. The van der Waals surface area contributed by atoms with Gasteiger partial charge in [-0.05, 0) is 12.5 Å². The lowest BCUT2D eigenvalue weighted by Gasteiger charge is -2.03. The SMILES string of the molecule is CCc1nnc(NS(=O)(=O)c2ccc(=O)[nH]c2)s1. The van der Waals surface area contributed by atoms with E-state index in [1.54, 1.807) is 0 Å². The summed E-state index contributed by atoms with van der Waals surface area (Å²) in [6.07, 6.45) is 1.82. The van der Waals surface area contributed by atoms with Crippen LogP contribution < -0.4 is 10.3 Å². The Morgan fingerprint density at radius 2 is 2.17 bits per heavy atom. The van der Waals surface area contributed by atoms with Crippen molar-refractivity contribution < 1.29 is 8.42 Å². The minimum absolute atomic E-state index is 0.0321. The van der Waals surface area contributed by atoms with Crippen LogP contribution in [0.4, 0.5) is 5.13 Å². The highest BCUT2D eigenvalue weighted by atomic mass is 32.2. The zero-order valence-corrected chi connectivity index (χ0v) is 11.0. The molecule has 0 radical (unpaired) electrons. The van der Waals surface area contributed by atoms with E-state index in [-0.39, 0.29) is 15.6 Å². The molecule has 0 aliphatic heterocycles. The van der Waals surface area contributed by atoms with Crippen LogP contribution in [-0.2, 0) is 16.4 Å². The van der Waals surface area contributed by atoms with E-state index in [0.29, 0.717) is 6.42 Å². The normalized spacial score (nSPS) is 11.4. The molecule has 2 rings (SSSR count). The highest BCUT2D eigenvalue weighted by molar-refractivity contribution is 7.93. The van der Waals surface area contributed by atoms with Crippen molar-refractivity contribution in [3.8, 4) is 0 Å². The number of nitrogens with one attached hydrogen (secondary N) is 2. The average Bonchev–Trinajstić information content (AvgIpc) is 2.76. The molecule has 2 aromatic heterocycles. The van der Waals surface area contributed by atoms with Crippen LogP contribution in [-0.4, -0.2) is 23.6 Å². The van der Waals surface area contributed by atoms with Gasteiger partial charge in [0, 0.05) is 12.3 Å². The number of sulfonamides is 1. The van der Waals surface area contributed by atoms with Gasteiger partial charge in [0.1, 0.15) is 9.90 Å². The van der Waals surface area contributed by atoms with Crippen LogP contribution in [0.25, 0.3) is 0 Å². The summed E-state index contributed by atoms with van der Waals surface area (Å²) in [5.41, 5.74) is -0.363. The van der Waals surface area contributed by atoms with Crippen molar-refractivity contribution in [1.29, 1.82) is 0 Å². The van der Waals surface area contributed by atoms with E-state index in [4.69, 9.17) is 0 Å². The topological polar surface area (TPSA) is 105 Å². The van der Waals surface area contributed by atoms with Gasteiger partial charge in [-0.1, -0.05) is 18.3 Å². The maximum atomic E-state index is 11.9. The Hall–Kier alpha value is -1.74. The molecule has 2 aromatic rings. The number of aromatic amines is 1. The number of aromatic nitrogens is 3. The molecule has 96 valence electrons. The molecular weight excluding hydrogens is 276 g/mol. The first kappa shape index (κ1) is 12.7. The van der Waals surface area contributed by atoms with Gasteiger partial charge in [-0.2, -0.15) is 0 Å². The van der Waals surface area contributed by atoms with Crippen molar-refractivity contribution >= 4 is 26.5 Å². The Labute approximate surface area is 107 Å². The molecule has 0 spiro atoms. The van der Waals surface area contributed by atoms with Crippen molar-refractivity contribution in [3.05, 3.63) is 33.7 Å². The highest BCUT2D eigenvalue weighted by Gasteiger charge is 2.16. The van der Waals surface area contributed by atoms with E-state index in [0.717, 1.165) is 17.3 Å². The third-order valence-corrected chi connectivity index (χ3v) is 4.51. The summed E-state index contributed by atoms with van der Waals surface area (Å²) in [5.74, 6) is 0. The molecule has 0 amide bonds. The van der Waals surface area contributed by atoms with Crippen LogP contribution in [0, 0.1) is 0 Å². The fourth-order valence-corrected chi connectivity index (χ4v) is 3.05. The Balaban J connectivity index is 2.26. The molecule has 9 heteroatoms. The van der Waals surface area contributed by atoms with Crippen molar-refractivity contribution in [3.63, 3.8) is 0 Å². The van der Waals surface area contributed by atoms with E-state index >= 15 is 0 Å². The van der Waals surface area contributed by atoms with Gasteiger partial charge in [0.15, 0.2) is 0 Å². The molecule has 0 bridgehead atoms. The van der Waals surface area contributed by atoms with Gasteiger partial charge in [0.05, 0.1) is 0 Å². The minimum atomic E-state index is -3.74. The van der Waals surface area contributed by atoms with E-state index in [1.165, 1.54) is 17.4 Å². The lowest BCUT2D eigenvalue weighted by Crippen LogP contribution is -2.15. The predicted molar refractivity (Wildman–Crippen MR) is 67.2 cm³/mol. The van der Waals surface area contributed by atoms with Gasteiger partial charge in [-0.15, -0.1) is 10.2 Å². The third-order valence-electron chi connectivity index (χ3n) is 2.06. The molecule has 0 aliphatic rings. The summed E-state index contributed by atoms with van der Waals surface area (Å²) in [7, 11) is -3.74. The summed E-state index contributed by atoms with van der Waals surface area (Å²) >= 11 is 1.17. The Morgan fingerprint density at radius 3 is 2.72 bits per heavy atom. The summed E-state index contributed by atoms with van der Waals surface area (Å²) in [6, 6.07) is 2.37. The molecule has 0 unspecified atom stereocenters. The molecule has 0 saturated heterocycles.